The number of aryl methyl sites for hydroxylation is 1. The van der Waals surface area contributed by atoms with E-state index in [1.165, 1.54) is 28.9 Å². The SMILES string of the molecule is Cn1nccc1C(=O)N1CCCC(O)(COc2ccc(F)cc2)C1. The van der Waals surface area contributed by atoms with E-state index in [2.05, 4.69) is 5.10 Å². The number of hydrogen-bond donors (Lipinski definition) is 1. The van der Waals surface area contributed by atoms with E-state index < -0.39 is 5.60 Å². The van der Waals surface area contributed by atoms with E-state index >= 15 is 0 Å². The Balaban J connectivity index is 1.64. The van der Waals surface area contributed by atoms with Crippen LogP contribution in [-0.2, 0) is 7.05 Å². The fourth-order valence-electron chi connectivity index (χ4n) is 2.90. The van der Waals surface area contributed by atoms with Crippen LogP contribution in [0.1, 0.15) is 23.3 Å². The Labute approximate surface area is 139 Å². The van der Waals surface area contributed by atoms with Crippen LogP contribution >= 0.6 is 0 Å². The summed E-state index contributed by atoms with van der Waals surface area (Å²) < 4.78 is 20.0. The highest BCUT2D eigenvalue weighted by atomic mass is 19.1. The van der Waals surface area contributed by atoms with Gasteiger partial charge in [-0.05, 0) is 43.2 Å². The van der Waals surface area contributed by atoms with Crippen LogP contribution in [0.3, 0.4) is 0 Å². The number of β-amino-alcohol motifs (C(OH)–C–C–N with tert-alkyl or cyclic N) is 1. The minimum Gasteiger partial charge on any atom is -0.491 e. The summed E-state index contributed by atoms with van der Waals surface area (Å²) in [5.74, 6) is -0.0125. The third-order valence-corrected chi connectivity index (χ3v) is 4.20. The molecule has 128 valence electrons. The Morgan fingerprint density at radius 1 is 1.38 bits per heavy atom. The molecule has 0 aliphatic carbocycles. The van der Waals surface area contributed by atoms with Gasteiger partial charge in [0.15, 0.2) is 0 Å². The number of halogens is 1. The number of nitrogens with zero attached hydrogens (tertiary/aromatic N) is 3. The Kier molecular flexibility index (Phi) is 4.53. The number of rotatable bonds is 4. The van der Waals surface area contributed by atoms with Crippen molar-refractivity contribution in [3.8, 4) is 5.75 Å². The monoisotopic (exact) mass is 333 g/mol. The molecule has 1 aliphatic heterocycles. The van der Waals surface area contributed by atoms with E-state index in [4.69, 9.17) is 4.74 Å². The predicted octanol–water partition coefficient (Wildman–Crippen LogP) is 1.61. The summed E-state index contributed by atoms with van der Waals surface area (Å²) in [6.07, 6.45) is 2.80. The molecule has 1 aromatic heterocycles. The highest BCUT2D eigenvalue weighted by Gasteiger charge is 2.36. The van der Waals surface area contributed by atoms with Crippen LogP contribution < -0.4 is 4.74 Å². The maximum atomic E-state index is 12.9. The first-order valence-corrected chi connectivity index (χ1v) is 7.85. The fraction of sp³-hybridized carbons (Fsp3) is 0.412. The summed E-state index contributed by atoms with van der Waals surface area (Å²) in [4.78, 5) is 14.2. The van der Waals surface area contributed by atoms with Gasteiger partial charge in [-0.3, -0.25) is 9.48 Å². The molecule has 0 saturated carbocycles. The Morgan fingerprint density at radius 3 is 2.79 bits per heavy atom. The van der Waals surface area contributed by atoms with Crippen LogP contribution in [0.25, 0.3) is 0 Å². The lowest BCUT2D eigenvalue weighted by Crippen LogP contribution is -2.53. The third kappa shape index (κ3) is 3.56. The molecule has 3 rings (SSSR count). The molecule has 2 aromatic rings. The molecule has 1 aliphatic rings. The van der Waals surface area contributed by atoms with Crippen LogP contribution in [-0.4, -0.2) is 51.0 Å². The van der Waals surface area contributed by atoms with Crippen molar-refractivity contribution in [2.75, 3.05) is 19.7 Å². The second kappa shape index (κ2) is 6.60. The number of carbonyl (C=O) groups excluding carboxylic acids is 1. The van der Waals surface area contributed by atoms with Gasteiger partial charge >= 0.3 is 0 Å². The molecule has 1 unspecified atom stereocenters. The summed E-state index contributed by atoms with van der Waals surface area (Å²) in [5.41, 5.74) is -0.639. The number of benzene rings is 1. The summed E-state index contributed by atoms with van der Waals surface area (Å²) in [6, 6.07) is 7.29. The number of aromatic nitrogens is 2. The van der Waals surface area contributed by atoms with Gasteiger partial charge < -0.3 is 14.7 Å². The molecule has 24 heavy (non-hydrogen) atoms. The predicted molar refractivity (Wildman–Crippen MR) is 85.2 cm³/mol. The molecular weight excluding hydrogens is 313 g/mol. The highest BCUT2D eigenvalue weighted by Crippen LogP contribution is 2.24. The third-order valence-electron chi connectivity index (χ3n) is 4.20. The summed E-state index contributed by atoms with van der Waals surface area (Å²) in [5, 5.41) is 14.8. The number of aliphatic hydroxyl groups is 1. The first kappa shape index (κ1) is 16.4. The topological polar surface area (TPSA) is 67.6 Å². The quantitative estimate of drug-likeness (QED) is 0.923. The zero-order valence-corrected chi connectivity index (χ0v) is 13.5. The maximum absolute atomic E-state index is 12.9. The van der Waals surface area contributed by atoms with Crippen LogP contribution in [0.15, 0.2) is 36.5 Å². The van der Waals surface area contributed by atoms with Gasteiger partial charge in [-0.2, -0.15) is 5.10 Å². The van der Waals surface area contributed by atoms with Crippen molar-refractivity contribution in [3.05, 3.63) is 48.0 Å². The van der Waals surface area contributed by atoms with Gasteiger partial charge in [0.25, 0.3) is 5.91 Å². The van der Waals surface area contributed by atoms with Crippen LogP contribution in [0.4, 0.5) is 4.39 Å². The van der Waals surface area contributed by atoms with Crippen molar-refractivity contribution >= 4 is 5.91 Å². The first-order chi connectivity index (χ1) is 11.5. The van der Waals surface area contributed by atoms with Crippen molar-refractivity contribution in [3.63, 3.8) is 0 Å². The molecule has 1 aromatic carbocycles. The Bertz CT molecular complexity index is 716. The normalized spacial score (nSPS) is 20.9. The van der Waals surface area contributed by atoms with Crippen LogP contribution in [0.2, 0.25) is 0 Å². The summed E-state index contributed by atoms with van der Waals surface area (Å²) in [6.45, 7) is 0.828. The zero-order chi connectivity index (χ0) is 17.2. The van der Waals surface area contributed by atoms with Gasteiger partial charge in [-0.15, -0.1) is 0 Å². The molecule has 0 radical (unpaired) electrons. The number of hydrogen-bond acceptors (Lipinski definition) is 4. The number of amides is 1. The summed E-state index contributed by atoms with van der Waals surface area (Å²) in [7, 11) is 1.71. The van der Waals surface area contributed by atoms with E-state index in [0.717, 1.165) is 0 Å². The minimum atomic E-state index is -1.12. The molecule has 2 heterocycles. The molecule has 1 fully saturated rings. The standard InChI is InChI=1S/C17H20FN3O3/c1-20-15(7-9-19-20)16(22)21-10-2-8-17(23,11-21)12-24-14-5-3-13(18)4-6-14/h3-7,9,23H,2,8,10-12H2,1H3. The number of piperidine rings is 1. The fourth-order valence-corrected chi connectivity index (χ4v) is 2.90. The minimum absolute atomic E-state index is 0.0494. The lowest BCUT2D eigenvalue weighted by molar-refractivity contribution is -0.0534. The molecule has 1 amide bonds. The molecule has 0 spiro atoms. The molecular formula is C17H20FN3O3. The van der Waals surface area contributed by atoms with E-state index in [1.807, 2.05) is 0 Å². The largest absolute Gasteiger partial charge is 0.491 e. The number of ether oxygens (including phenoxy) is 1. The van der Waals surface area contributed by atoms with Gasteiger partial charge in [0.05, 0.1) is 6.54 Å². The average Bonchev–Trinajstić information content (AvgIpc) is 3.00. The van der Waals surface area contributed by atoms with Gasteiger partial charge in [0, 0.05) is 19.8 Å². The van der Waals surface area contributed by atoms with Gasteiger partial charge in [-0.25, -0.2) is 4.39 Å². The second-order valence-corrected chi connectivity index (χ2v) is 6.14. The average molecular weight is 333 g/mol. The summed E-state index contributed by atoms with van der Waals surface area (Å²) >= 11 is 0. The van der Waals surface area contributed by atoms with Crippen molar-refractivity contribution in [1.29, 1.82) is 0 Å². The highest BCUT2D eigenvalue weighted by molar-refractivity contribution is 5.92. The van der Waals surface area contributed by atoms with E-state index in [1.54, 1.807) is 24.2 Å². The lowest BCUT2D eigenvalue weighted by Gasteiger charge is -2.38. The molecule has 0 bridgehead atoms. The van der Waals surface area contributed by atoms with E-state index in [9.17, 15) is 14.3 Å². The zero-order valence-electron chi connectivity index (χ0n) is 13.5. The van der Waals surface area contributed by atoms with Crippen LogP contribution in [0, 0.1) is 5.82 Å². The van der Waals surface area contributed by atoms with Crippen molar-refractivity contribution in [2.45, 2.75) is 18.4 Å². The molecule has 6 nitrogen and oxygen atoms in total. The van der Waals surface area contributed by atoms with Gasteiger partial charge in [-0.1, -0.05) is 0 Å². The lowest BCUT2D eigenvalue weighted by atomic mass is 9.93. The Morgan fingerprint density at radius 2 is 2.12 bits per heavy atom. The van der Waals surface area contributed by atoms with Crippen molar-refractivity contribution in [1.82, 2.24) is 14.7 Å². The second-order valence-electron chi connectivity index (χ2n) is 6.14. The number of carbonyl (C=O) groups is 1. The molecule has 1 saturated heterocycles. The number of likely N-dealkylation sites (tertiary alicyclic amines) is 1. The maximum Gasteiger partial charge on any atom is 0.272 e. The van der Waals surface area contributed by atoms with Gasteiger partial charge in [0.1, 0.15) is 29.5 Å². The van der Waals surface area contributed by atoms with E-state index in [0.29, 0.717) is 30.8 Å². The van der Waals surface area contributed by atoms with Crippen molar-refractivity contribution in [2.24, 2.45) is 7.05 Å². The first-order valence-electron chi connectivity index (χ1n) is 7.85. The molecule has 1 atom stereocenters. The van der Waals surface area contributed by atoms with Gasteiger partial charge in [0.2, 0.25) is 0 Å². The Hall–Kier alpha value is -2.41. The molecule has 1 N–H and O–H groups in total. The van der Waals surface area contributed by atoms with Crippen molar-refractivity contribution < 1.29 is 19.0 Å². The van der Waals surface area contributed by atoms with Crippen LogP contribution in [0.5, 0.6) is 5.75 Å². The van der Waals surface area contributed by atoms with E-state index in [-0.39, 0.29) is 24.9 Å². The molecule has 7 heteroatoms. The smallest absolute Gasteiger partial charge is 0.272 e.